The van der Waals surface area contributed by atoms with E-state index in [9.17, 15) is 9.59 Å². The van der Waals surface area contributed by atoms with E-state index in [4.69, 9.17) is 5.73 Å². The second kappa shape index (κ2) is 4.91. The standard InChI is InChI=1S/C14H19N3O2/c1-14(13(19)16-2)7-8-17(9-14)12(18)10-5-3-4-6-11(10)15/h3-6H,7-9,15H2,1-2H3,(H,16,19). The molecule has 1 aromatic carbocycles. The van der Waals surface area contributed by atoms with Crippen LogP contribution in [0.2, 0.25) is 0 Å². The van der Waals surface area contributed by atoms with Crippen LogP contribution in [0, 0.1) is 5.41 Å². The fourth-order valence-corrected chi connectivity index (χ4v) is 2.48. The van der Waals surface area contributed by atoms with Gasteiger partial charge in [0, 0.05) is 25.8 Å². The lowest BCUT2D eigenvalue weighted by Crippen LogP contribution is -2.40. The fraction of sp³-hybridized carbons (Fsp3) is 0.429. The normalized spacial score (nSPS) is 22.3. The Morgan fingerprint density at radius 1 is 1.37 bits per heavy atom. The minimum Gasteiger partial charge on any atom is -0.398 e. The third-order valence-corrected chi connectivity index (χ3v) is 3.73. The molecule has 1 saturated heterocycles. The van der Waals surface area contributed by atoms with E-state index in [1.807, 2.05) is 6.92 Å². The molecule has 0 aliphatic carbocycles. The summed E-state index contributed by atoms with van der Waals surface area (Å²) in [5.74, 6) is -0.130. The predicted octanol–water partition coefficient (Wildman–Crippen LogP) is 0.867. The van der Waals surface area contributed by atoms with Gasteiger partial charge in [-0.2, -0.15) is 0 Å². The molecule has 0 spiro atoms. The van der Waals surface area contributed by atoms with Crippen molar-refractivity contribution in [2.45, 2.75) is 13.3 Å². The molecule has 1 aromatic rings. The summed E-state index contributed by atoms with van der Waals surface area (Å²) in [6.07, 6.45) is 0.672. The van der Waals surface area contributed by atoms with Gasteiger partial charge in [-0.15, -0.1) is 0 Å². The Labute approximate surface area is 112 Å². The molecule has 0 aromatic heterocycles. The molecule has 102 valence electrons. The highest BCUT2D eigenvalue weighted by Crippen LogP contribution is 2.31. The minimum absolute atomic E-state index is 0.0242. The Morgan fingerprint density at radius 3 is 2.68 bits per heavy atom. The average molecular weight is 261 g/mol. The maximum Gasteiger partial charge on any atom is 0.255 e. The second-order valence-electron chi connectivity index (χ2n) is 5.20. The van der Waals surface area contributed by atoms with E-state index in [1.165, 1.54) is 0 Å². The molecule has 0 bridgehead atoms. The topological polar surface area (TPSA) is 75.4 Å². The molecule has 19 heavy (non-hydrogen) atoms. The van der Waals surface area contributed by atoms with Gasteiger partial charge in [-0.25, -0.2) is 0 Å². The highest BCUT2D eigenvalue weighted by atomic mass is 16.2. The summed E-state index contributed by atoms with van der Waals surface area (Å²) in [5.41, 5.74) is 6.29. The molecular weight excluding hydrogens is 242 g/mol. The van der Waals surface area contributed by atoms with E-state index in [0.29, 0.717) is 30.8 Å². The minimum atomic E-state index is -0.506. The average Bonchev–Trinajstić information content (AvgIpc) is 2.81. The SMILES string of the molecule is CNC(=O)C1(C)CCN(C(=O)c2ccccc2N)C1. The zero-order chi connectivity index (χ0) is 14.0. The number of likely N-dealkylation sites (tertiary alicyclic amines) is 1. The Balaban J connectivity index is 2.16. The quantitative estimate of drug-likeness (QED) is 0.776. The molecule has 1 fully saturated rings. The van der Waals surface area contributed by atoms with E-state index >= 15 is 0 Å². The second-order valence-corrected chi connectivity index (χ2v) is 5.20. The molecule has 1 atom stereocenters. The third kappa shape index (κ3) is 2.41. The van der Waals surface area contributed by atoms with Crippen molar-refractivity contribution in [2.75, 3.05) is 25.9 Å². The first-order valence-electron chi connectivity index (χ1n) is 6.34. The van der Waals surface area contributed by atoms with E-state index < -0.39 is 5.41 Å². The van der Waals surface area contributed by atoms with Crippen molar-refractivity contribution in [3.8, 4) is 0 Å². The Kier molecular flexibility index (Phi) is 3.46. The molecule has 0 saturated carbocycles. The zero-order valence-corrected chi connectivity index (χ0v) is 11.3. The largest absolute Gasteiger partial charge is 0.398 e. The van der Waals surface area contributed by atoms with Crippen LogP contribution in [-0.2, 0) is 4.79 Å². The summed E-state index contributed by atoms with van der Waals surface area (Å²) in [5, 5.41) is 2.66. The Morgan fingerprint density at radius 2 is 2.05 bits per heavy atom. The molecular formula is C14H19N3O2. The van der Waals surface area contributed by atoms with Crippen LogP contribution in [0.15, 0.2) is 24.3 Å². The number of amides is 2. The highest BCUT2D eigenvalue weighted by molar-refractivity contribution is 5.99. The fourth-order valence-electron chi connectivity index (χ4n) is 2.48. The lowest BCUT2D eigenvalue weighted by molar-refractivity contribution is -0.128. The smallest absolute Gasteiger partial charge is 0.255 e. The first-order valence-corrected chi connectivity index (χ1v) is 6.34. The molecule has 1 heterocycles. The number of nitrogens with two attached hydrogens (primary N) is 1. The van der Waals surface area contributed by atoms with Crippen LogP contribution in [-0.4, -0.2) is 36.9 Å². The van der Waals surface area contributed by atoms with Crippen LogP contribution in [0.3, 0.4) is 0 Å². The van der Waals surface area contributed by atoms with Crippen LogP contribution < -0.4 is 11.1 Å². The number of nitrogens with one attached hydrogen (secondary N) is 1. The van der Waals surface area contributed by atoms with Crippen LogP contribution in [0.25, 0.3) is 0 Å². The van der Waals surface area contributed by atoms with Crippen LogP contribution in [0.1, 0.15) is 23.7 Å². The first-order chi connectivity index (χ1) is 8.98. The molecule has 0 radical (unpaired) electrons. The van der Waals surface area contributed by atoms with Crippen molar-refractivity contribution >= 4 is 17.5 Å². The molecule has 5 nitrogen and oxygen atoms in total. The van der Waals surface area contributed by atoms with Gasteiger partial charge in [0.25, 0.3) is 5.91 Å². The number of anilines is 1. The lowest BCUT2D eigenvalue weighted by Gasteiger charge is -2.23. The van der Waals surface area contributed by atoms with Gasteiger partial charge in [0.2, 0.25) is 5.91 Å². The third-order valence-electron chi connectivity index (χ3n) is 3.73. The van der Waals surface area contributed by atoms with E-state index in [0.717, 1.165) is 0 Å². The summed E-state index contributed by atoms with van der Waals surface area (Å²) in [6.45, 7) is 2.89. The van der Waals surface area contributed by atoms with Crippen molar-refractivity contribution < 1.29 is 9.59 Å². The summed E-state index contributed by atoms with van der Waals surface area (Å²) in [4.78, 5) is 25.9. The number of para-hydroxylation sites is 1. The van der Waals surface area contributed by atoms with E-state index in [1.54, 1.807) is 36.2 Å². The van der Waals surface area contributed by atoms with Crippen molar-refractivity contribution in [1.29, 1.82) is 0 Å². The number of carbonyl (C=O) groups excluding carboxylic acids is 2. The van der Waals surface area contributed by atoms with E-state index in [-0.39, 0.29) is 11.8 Å². The summed E-state index contributed by atoms with van der Waals surface area (Å²) in [7, 11) is 1.62. The van der Waals surface area contributed by atoms with Gasteiger partial charge in [-0.1, -0.05) is 12.1 Å². The summed E-state index contributed by atoms with van der Waals surface area (Å²) in [6, 6.07) is 7.01. The van der Waals surface area contributed by atoms with Gasteiger partial charge in [-0.05, 0) is 25.5 Å². The number of benzene rings is 1. The maximum absolute atomic E-state index is 12.4. The molecule has 1 unspecified atom stereocenters. The van der Waals surface area contributed by atoms with Crippen molar-refractivity contribution in [2.24, 2.45) is 5.41 Å². The van der Waals surface area contributed by atoms with Crippen molar-refractivity contribution in [1.82, 2.24) is 10.2 Å². The molecule has 1 aliphatic rings. The van der Waals surface area contributed by atoms with Gasteiger partial charge >= 0.3 is 0 Å². The molecule has 2 rings (SSSR count). The van der Waals surface area contributed by atoms with Crippen LogP contribution >= 0.6 is 0 Å². The summed E-state index contributed by atoms with van der Waals surface area (Å²) < 4.78 is 0. The molecule has 5 heteroatoms. The monoisotopic (exact) mass is 261 g/mol. The van der Waals surface area contributed by atoms with Gasteiger partial charge in [0.1, 0.15) is 0 Å². The lowest BCUT2D eigenvalue weighted by atomic mass is 9.89. The maximum atomic E-state index is 12.4. The number of nitrogen functional groups attached to an aromatic ring is 1. The van der Waals surface area contributed by atoms with Gasteiger partial charge in [0.05, 0.1) is 11.0 Å². The van der Waals surface area contributed by atoms with Crippen LogP contribution in [0.4, 0.5) is 5.69 Å². The molecule has 3 N–H and O–H groups in total. The Hall–Kier alpha value is -2.04. The highest BCUT2D eigenvalue weighted by Gasteiger charge is 2.41. The number of carbonyl (C=O) groups is 2. The number of hydrogen-bond donors (Lipinski definition) is 2. The number of rotatable bonds is 2. The van der Waals surface area contributed by atoms with Crippen molar-refractivity contribution in [3.05, 3.63) is 29.8 Å². The number of hydrogen-bond acceptors (Lipinski definition) is 3. The van der Waals surface area contributed by atoms with Crippen molar-refractivity contribution in [3.63, 3.8) is 0 Å². The van der Waals surface area contributed by atoms with E-state index in [2.05, 4.69) is 5.32 Å². The van der Waals surface area contributed by atoms with Crippen LogP contribution in [0.5, 0.6) is 0 Å². The molecule has 1 aliphatic heterocycles. The predicted molar refractivity (Wildman–Crippen MR) is 73.5 cm³/mol. The van der Waals surface area contributed by atoms with Gasteiger partial charge < -0.3 is 16.0 Å². The summed E-state index contributed by atoms with van der Waals surface area (Å²) >= 11 is 0. The first kappa shape index (κ1) is 13.4. The Bertz CT molecular complexity index is 515. The zero-order valence-electron chi connectivity index (χ0n) is 11.3. The van der Waals surface area contributed by atoms with Gasteiger partial charge in [-0.3, -0.25) is 9.59 Å². The van der Waals surface area contributed by atoms with Gasteiger partial charge in [0.15, 0.2) is 0 Å². The number of nitrogens with zero attached hydrogens (tertiary/aromatic N) is 1. The molecule has 2 amide bonds.